The van der Waals surface area contributed by atoms with E-state index in [-0.39, 0.29) is 6.61 Å². The molecule has 1 rings (SSSR count). The van der Waals surface area contributed by atoms with E-state index in [1.165, 1.54) is 0 Å². The van der Waals surface area contributed by atoms with Crippen molar-refractivity contribution in [1.29, 1.82) is 0 Å². The fourth-order valence-electron chi connectivity index (χ4n) is 1.52. The molecule has 0 atom stereocenters. The Kier molecular flexibility index (Phi) is 8.53. The summed E-state index contributed by atoms with van der Waals surface area (Å²) in [4.78, 5) is 0. The maximum Gasteiger partial charge on any atom is 0.120 e. The van der Waals surface area contributed by atoms with Crippen molar-refractivity contribution in [1.82, 2.24) is 0 Å². The van der Waals surface area contributed by atoms with E-state index in [4.69, 9.17) is 14.6 Å². The second kappa shape index (κ2) is 10.3. The average Bonchev–Trinajstić information content (AvgIpc) is 2.43. The summed E-state index contributed by atoms with van der Waals surface area (Å²) in [7, 11) is 0. The summed E-state index contributed by atoms with van der Waals surface area (Å²) in [5, 5.41) is 8.68. The molecule has 1 aromatic rings. The van der Waals surface area contributed by atoms with Gasteiger partial charge in [-0.2, -0.15) is 0 Å². The number of benzene rings is 1. The van der Waals surface area contributed by atoms with Crippen LogP contribution in [-0.4, -0.2) is 31.5 Å². The zero-order chi connectivity index (χ0) is 14.6. The third-order valence-electron chi connectivity index (χ3n) is 2.64. The van der Waals surface area contributed by atoms with Gasteiger partial charge in [-0.05, 0) is 30.5 Å². The molecule has 3 heteroatoms. The Morgan fingerprint density at radius 2 is 2.05 bits per heavy atom. The zero-order valence-corrected chi connectivity index (χ0v) is 12.4. The van der Waals surface area contributed by atoms with Crippen molar-refractivity contribution in [2.45, 2.75) is 26.7 Å². The Morgan fingerprint density at radius 3 is 2.80 bits per heavy atom. The number of aliphatic hydroxyl groups excluding tert-OH is 1. The van der Waals surface area contributed by atoms with Gasteiger partial charge in [-0.1, -0.05) is 31.8 Å². The van der Waals surface area contributed by atoms with E-state index in [0.717, 1.165) is 24.3 Å². The molecule has 0 aliphatic carbocycles. The SMILES string of the molecule is CC(C)CCOCCOc1cccc(C#CCCO)c1. The van der Waals surface area contributed by atoms with E-state index in [1.54, 1.807) is 0 Å². The van der Waals surface area contributed by atoms with Crippen molar-refractivity contribution in [3.05, 3.63) is 29.8 Å². The summed E-state index contributed by atoms with van der Waals surface area (Å²) >= 11 is 0. The van der Waals surface area contributed by atoms with Gasteiger partial charge in [0.15, 0.2) is 0 Å². The molecule has 0 aliphatic rings. The van der Waals surface area contributed by atoms with Gasteiger partial charge in [0.2, 0.25) is 0 Å². The fraction of sp³-hybridized carbons (Fsp3) is 0.529. The predicted octanol–water partition coefficient (Wildman–Crippen LogP) is 2.86. The Balaban J connectivity index is 2.27. The molecule has 3 nitrogen and oxygen atoms in total. The lowest BCUT2D eigenvalue weighted by molar-refractivity contribution is 0.0926. The van der Waals surface area contributed by atoms with Crippen LogP contribution in [0.4, 0.5) is 0 Å². The molecule has 0 bridgehead atoms. The number of rotatable bonds is 8. The van der Waals surface area contributed by atoms with Gasteiger partial charge in [0.1, 0.15) is 12.4 Å². The number of ether oxygens (including phenoxy) is 2. The number of hydrogen-bond donors (Lipinski definition) is 1. The zero-order valence-electron chi connectivity index (χ0n) is 12.4. The molecule has 0 heterocycles. The molecule has 0 saturated carbocycles. The van der Waals surface area contributed by atoms with Crippen LogP contribution in [0.1, 0.15) is 32.3 Å². The standard InChI is InChI=1S/C17H24O3/c1-15(2)9-11-19-12-13-20-17-8-5-7-16(14-17)6-3-4-10-18/h5,7-8,14-15,18H,4,9-13H2,1-2H3. The lowest BCUT2D eigenvalue weighted by atomic mass is 10.1. The third-order valence-corrected chi connectivity index (χ3v) is 2.64. The molecule has 0 aliphatic heterocycles. The quantitative estimate of drug-likeness (QED) is 0.586. The van der Waals surface area contributed by atoms with E-state index in [9.17, 15) is 0 Å². The highest BCUT2D eigenvalue weighted by Gasteiger charge is 1.97. The minimum Gasteiger partial charge on any atom is -0.491 e. The van der Waals surface area contributed by atoms with Crippen LogP contribution in [0, 0.1) is 17.8 Å². The molecule has 110 valence electrons. The Labute approximate surface area is 121 Å². The Bertz CT molecular complexity index is 429. The van der Waals surface area contributed by atoms with Crippen LogP contribution < -0.4 is 4.74 Å². The smallest absolute Gasteiger partial charge is 0.120 e. The summed E-state index contributed by atoms with van der Waals surface area (Å²) in [6.07, 6.45) is 1.57. The highest BCUT2D eigenvalue weighted by Crippen LogP contribution is 2.12. The first-order valence-electron chi connectivity index (χ1n) is 7.12. The van der Waals surface area contributed by atoms with Crippen molar-refractivity contribution in [2.75, 3.05) is 26.4 Å². The van der Waals surface area contributed by atoms with Crippen molar-refractivity contribution in [3.8, 4) is 17.6 Å². The minimum absolute atomic E-state index is 0.0942. The van der Waals surface area contributed by atoms with E-state index in [2.05, 4.69) is 25.7 Å². The second-order valence-corrected chi connectivity index (χ2v) is 4.95. The molecule has 0 radical (unpaired) electrons. The molecule has 0 spiro atoms. The van der Waals surface area contributed by atoms with Gasteiger partial charge >= 0.3 is 0 Å². The first-order chi connectivity index (χ1) is 9.72. The van der Waals surface area contributed by atoms with E-state index < -0.39 is 0 Å². The summed E-state index contributed by atoms with van der Waals surface area (Å²) in [6, 6.07) is 7.65. The number of aliphatic hydroxyl groups is 1. The molecule has 1 aromatic carbocycles. The maximum atomic E-state index is 8.68. The monoisotopic (exact) mass is 276 g/mol. The van der Waals surface area contributed by atoms with Crippen LogP contribution in [0.3, 0.4) is 0 Å². The second-order valence-electron chi connectivity index (χ2n) is 4.95. The van der Waals surface area contributed by atoms with Crippen LogP contribution >= 0.6 is 0 Å². The van der Waals surface area contributed by atoms with Crippen LogP contribution in [0.25, 0.3) is 0 Å². The van der Waals surface area contributed by atoms with Gasteiger partial charge in [0, 0.05) is 18.6 Å². The van der Waals surface area contributed by atoms with E-state index in [1.807, 2.05) is 24.3 Å². The summed E-state index contributed by atoms with van der Waals surface area (Å²) < 4.78 is 11.1. The van der Waals surface area contributed by atoms with Crippen molar-refractivity contribution in [3.63, 3.8) is 0 Å². The summed E-state index contributed by atoms with van der Waals surface area (Å²) in [5.74, 6) is 7.35. The molecular formula is C17H24O3. The lowest BCUT2D eigenvalue weighted by Crippen LogP contribution is -2.08. The van der Waals surface area contributed by atoms with Crippen molar-refractivity contribution >= 4 is 0 Å². The summed E-state index contributed by atoms with van der Waals surface area (Å²) in [6.45, 7) is 6.40. The average molecular weight is 276 g/mol. The lowest BCUT2D eigenvalue weighted by Gasteiger charge is -2.08. The molecule has 1 N–H and O–H groups in total. The highest BCUT2D eigenvalue weighted by molar-refractivity contribution is 5.39. The molecule has 0 fully saturated rings. The maximum absolute atomic E-state index is 8.68. The molecule has 20 heavy (non-hydrogen) atoms. The Hall–Kier alpha value is -1.50. The van der Waals surface area contributed by atoms with Gasteiger partial charge in [-0.25, -0.2) is 0 Å². The largest absolute Gasteiger partial charge is 0.491 e. The van der Waals surface area contributed by atoms with Gasteiger partial charge in [0.25, 0.3) is 0 Å². The molecule has 0 aromatic heterocycles. The van der Waals surface area contributed by atoms with Gasteiger partial charge in [-0.15, -0.1) is 0 Å². The van der Waals surface area contributed by atoms with Crippen LogP contribution in [0.2, 0.25) is 0 Å². The topological polar surface area (TPSA) is 38.7 Å². The Morgan fingerprint density at radius 1 is 1.20 bits per heavy atom. The fourth-order valence-corrected chi connectivity index (χ4v) is 1.52. The normalized spacial score (nSPS) is 10.2. The first-order valence-corrected chi connectivity index (χ1v) is 7.12. The van der Waals surface area contributed by atoms with Crippen molar-refractivity contribution < 1.29 is 14.6 Å². The van der Waals surface area contributed by atoms with Gasteiger partial charge < -0.3 is 14.6 Å². The molecule has 0 unspecified atom stereocenters. The molecule has 0 amide bonds. The minimum atomic E-state index is 0.0942. The first kappa shape index (κ1) is 16.6. The van der Waals surface area contributed by atoms with Crippen molar-refractivity contribution in [2.24, 2.45) is 5.92 Å². The van der Waals surface area contributed by atoms with E-state index in [0.29, 0.717) is 25.6 Å². The number of hydrogen-bond acceptors (Lipinski definition) is 3. The van der Waals surface area contributed by atoms with Gasteiger partial charge in [0.05, 0.1) is 13.2 Å². The predicted molar refractivity (Wildman–Crippen MR) is 80.8 cm³/mol. The molecule has 0 saturated heterocycles. The van der Waals surface area contributed by atoms with Crippen LogP contribution in [0.5, 0.6) is 5.75 Å². The molecular weight excluding hydrogens is 252 g/mol. The third kappa shape index (κ3) is 7.83. The highest BCUT2D eigenvalue weighted by atomic mass is 16.5. The van der Waals surface area contributed by atoms with Gasteiger partial charge in [-0.3, -0.25) is 0 Å². The van der Waals surface area contributed by atoms with Crippen LogP contribution in [-0.2, 0) is 4.74 Å². The van der Waals surface area contributed by atoms with E-state index >= 15 is 0 Å². The summed E-state index contributed by atoms with van der Waals surface area (Å²) in [5.41, 5.74) is 0.900. The van der Waals surface area contributed by atoms with Crippen LogP contribution in [0.15, 0.2) is 24.3 Å².